The molecule has 2 aromatic heterocycles. The predicted octanol–water partition coefficient (Wildman–Crippen LogP) is 4.37. The average molecular weight is 777 g/mol. The summed E-state index contributed by atoms with van der Waals surface area (Å²) in [5, 5.41) is 23.1. The van der Waals surface area contributed by atoms with Crippen molar-refractivity contribution in [1.82, 2.24) is 40.8 Å². The Labute approximate surface area is 325 Å². The fourth-order valence-electron chi connectivity index (χ4n) is 5.75. The van der Waals surface area contributed by atoms with Crippen molar-refractivity contribution in [3.8, 4) is 33.6 Å². The molecule has 17 heteroatoms. The van der Waals surface area contributed by atoms with Gasteiger partial charge in [-0.25, -0.2) is 25.2 Å². The molecule has 2 aromatic carbocycles. The van der Waals surface area contributed by atoms with Gasteiger partial charge in [-0.1, -0.05) is 48.5 Å². The number of methoxy groups -OCH3 is 1. The molecule has 4 rings (SSSR count). The summed E-state index contributed by atoms with van der Waals surface area (Å²) < 4.78 is 16.1. The molecule has 0 aliphatic rings. The molecule has 0 spiro atoms. The van der Waals surface area contributed by atoms with Gasteiger partial charge in [-0.05, 0) is 77.6 Å². The number of aromatic amines is 2. The number of hydrogen-bond donors (Lipinski definition) is 6. The van der Waals surface area contributed by atoms with E-state index in [2.05, 4.69) is 35.5 Å². The van der Waals surface area contributed by atoms with E-state index in [0.717, 1.165) is 27.3 Å². The minimum atomic E-state index is -1.65. The van der Waals surface area contributed by atoms with Crippen LogP contribution in [0.15, 0.2) is 60.9 Å². The van der Waals surface area contributed by atoms with Gasteiger partial charge >= 0.3 is 6.09 Å². The van der Waals surface area contributed by atoms with Crippen molar-refractivity contribution in [3.63, 3.8) is 0 Å². The number of hydrogen-bond acceptors (Lipinski definition) is 11. The van der Waals surface area contributed by atoms with Crippen LogP contribution >= 0.6 is 0 Å². The van der Waals surface area contributed by atoms with Crippen LogP contribution in [-0.4, -0.2) is 101 Å². The first-order valence-corrected chi connectivity index (χ1v) is 18.1. The number of imidazole rings is 2. The number of benzene rings is 2. The number of carbonyl (C=O) groups is 4. The van der Waals surface area contributed by atoms with Crippen molar-refractivity contribution in [2.75, 3.05) is 7.11 Å². The third-order valence-electron chi connectivity index (χ3n) is 8.26. The van der Waals surface area contributed by atoms with Crippen LogP contribution in [0.2, 0.25) is 0 Å². The third kappa shape index (κ3) is 11.9. The third-order valence-corrected chi connectivity index (χ3v) is 8.26. The molecule has 17 nitrogen and oxygen atoms in total. The van der Waals surface area contributed by atoms with Gasteiger partial charge in [0.25, 0.3) is 5.91 Å². The number of ether oxygens (including phenoxy) is 3. The Balaban J connectivity index is 1.47. The number of nitrogens with one attached hydrogen (secondary N) is 4. The number of hydrazine groups is 2. The molecule has 0 bridgehead atoms. The van der Waals surface area contributed by atoms with Gasteiger partial charge in [0.2, 0.25) is 12.3 Å². The minimum Gasteiger partial charge on any atom is -0.452 e. The molecule has 2 heterocycles. The Bertz CT molecular complexity index is 1930. The lowest BCUT2D eigenvalue weighted by molar-refractivity contribution is -0.213. The standard InChI is InChI=1S/C39H52N8O9/c1-23(2)46(42-22-48)34(49)19-31(55-38(5,6)52)35-41-21-30(44-35)28-16-12-26(13-17-28)25-10-14-27(15-11-25)29-20-40-33(43-29)18-32(56-39(7,8)53)36(50)47(24(3)4)45-37(51)54-9/h10-17,20-24,31-32,52-53H,18-19H2,1-9H3,(H,40,43)(H,41,44)(H,42,48)(H,45,51). The van der Waals surface area contributed by atoms with Crippen molar-refractivity contribution in [2.24, 2.45) is 0 Å². The summed E-state index contributed by atoms with van der Waals surface area (Å²) in [5.74, 6) is -3.44. The maximum atomic E-state index is 13.5. The molecule has 6 N–H and O–H groups in total. The van der Waals surface area contributed by atoms with Crippen molar-refractivity contribution < 1.29 is 43.6 Å². The van der Waals surface area contributed by atoms with Gasteiger partial charge < -0.3 is 34.4 Å². The van der Waals surface area contributed by atoms with Gasteiger partial charge in [0.05, 0.1) is 37.3 Å². The fraction of sp³-hybridized carbons (Fsp3) is 0.436. The molecular weight excluding hydrogens is 724 g/mol. The number of aliphatic hydroxyl groups is 2. The summed E-state index contributed by atoms with van der Waals surface area (Å²) in [6.07, 6.45) is 0.565. The second-order valence-electron chi connectivity index (χ2n) is 14.6. The average Bonchev–Trinajstić information content (AvgIpc) is 3.81. The Kier molecular flexibility index (Phi) is 14.1. The van der Waals surface area contributed by atoms with E-state index >= 15 is 0 Å². The molecule has 302 valence electrons. The van der Waals surface area contributed by atoms with E-state index in [1.165, 1.54) is 39.8 Å². The first kappa shape index (κ1) is 43.1. The lowest BCUT2D eigenvalue weighted by Crippen LogP contribution is -2.55. The summed E-state index contributed by atoms with van der Waals surface area (Å²) in [6.45, 7) is 12.7. The Hall–Kier alpha value is -5.62. The fourth-order valence-corrected chi connectivity index (χ4v) is 5.75. The lowest BCUT2D eigenvalue weighted by atomic mass is 10.0. The monoisotopic (exact) mass is 776 g/mol. The summed E-state index contributed by atoms with van der Waals surface area (Å²) >= 11 is 0. The molecule has 4 aromatic rings. The van der Waals surface area contributed by atoms with Gasteiger partial charge in [0.1, 0.15) is 23.9 Å². The second kappa shape index (κ2) is 18.3. The quantitative estimate of drug-likeness (QED) is 0.0502. The molecule has 0 saturated carbocycles. The van der Waals surface area contributed by atoms with Crippen LogP contribution in [0.1, 0.15) is 79.6 Å². The lowest BCUT2D eigenvalue weighted by Gasteiger charge is -2.32. The first-order chi connectivity index (χ1) is 26.3. The molecule has 0 fully saturated rings. The largest absolute Gasteiger partial charge is 0.452 e. The topological polar surface area (TPSA) is 224 Å². The van der Waals surface area contributed by atoms with E-state index in [-0.39, 0.29) is 18.9 Å². The first-order valence-electron chi connectivity index (χ1n) is 18.1. The van der Waals surface area contributed by atoms with Crippen LogP contribution in [0.3, 0.4) is 0 Å². The molecule has 0 saturated heterocycles. The van der Waals surface area contributed by atoms with Gasteiger partial charge in [-0.3, -0.25) is 24.8 Å². The molecule has 56 heavy (non-hydrogen) atoms. The van der Waals surface area contributed by atoms with Crippen molar-refractivity contribution >= 4 is 24.3 Å². The highest BCUT2D eigenvalue weighted by Crippen LogP contribution is 2.30. The van der Waals surface area contributed by atoms with Crippen LogP contribution in [0.4, 0.5) is 4.79 Å². The molecule has 2 unspecified atom stereocenters. The molecule has 0 radical (unpaired) electrons. The summed E-state index contributed by atoms with van der Waals surface area (Å²) in [5.41, 5.74) is 9.76. The van der Waals surface area contributed by atoms with E-state index in [9.17, 15) is 29.4 Å². The van der Waals surface area contributed by atoms with Crippen molar-refractivity contribution in [3.05, 3.63) is 72.6 Å². The Morgan fingerprint density at radius 2 is 1.29 bits per heavy atom. The van der Waals surface area contributed by atoms with E-state index in [0.29, 0.717) is 29.4 Å². The smallest absolute Gasteiger partial charge is 0.425 e. The summed E-state index contributed by atoms with van der Waals surface area (Å²) in [6, 6.07) is 14.9. The van der Waals surface area contributed by atoms with Gasteiger partial charge in [0, 0.05) is 18.5 Å². The SMILES string of the molecule is COC(=O)NN(C(=O)C(Cc1ncc(-c2ccc(-c3ccc(-c4cnc(C(CC(=O)N(NC=O)C(C)C)OC(C)(C)O)[nH]4)cc3)cc2)[nH]1)OC(C)(C)O)C(C)C. The zero-order valence-electron chi connectivity index (χ0n) is 33.1. The molecule has 0 aliphatic heterocycles. The number of H-pyrrole nitrogens is 2. The highest BCUT2D eigenvalue weighted by Gasteiger charge is 2.34. The van der Waals surface area contributed by atoms with Crippen LogP contribution in [0, 0.1) is 0 Å². The van der Waals surface area contributed by atoms with Gasteiger partial charge in [0.15, 0.2) is 11.6 Å². The van der Waals surface area contributed by atoms with Gasteiger partial charge in [-0.15, -0.1) is 0 Å². The zero-order chi connectivity index (χ0) is 41.4. The number of amides is 4. The predicted molar refractivity (Wildman–Crippen MR) is 205 cm³/mol. The molecule has 2 atom stereocenters. The number of nitrogens with zero attached hydrogens (tertiary/aromatic N) is 4. The summed E-state index contributed by atoms with van der Waals surface area (Å²) in [4.78, 5) is 64.8. The normalized spacial score (nSPS) is 12.9. The van der Waals surface area contributed by atoms with E-state index in [1.807, 2.05) is 48.5 Å². The molecular formula is C39H52N8O9. The zero-order valence-corrected chi connectivity index (χ0v) is 33.1. The van der Waals surface area contributed by atoms with E-state index in [4.69, 9.17) is 9.47 Å². The summed E-state index contributed by atoms with van der Waals surface area (Å²) in [7, 11) is 1.19. The molecule has 4 amide bonds. The van der Waals surface area contributed by atoms with Crippen molar-refractivity contribution in [1.29, 1.82) is 0 Å². The molecule has 0 aliphatic carbocycles. The highest BCUT2D eigenvalue weighted by molar-refractivity contribution is 5.83. The highest BCUT2D eigenvalue weighted by atomic mass is 16.6. The Morgan fingerprint density at radius 3 is 1.77 bits per heavy atom. The number of aromatic nitrogens is 4. The van der Waals surface area contributed by atoms with Crippen LogP contribution in [0.5, 0.6) is 0 Å². The van der Waals surface area contributed by atoms with E-state index in [1.54, 1.807) is 40.1 Å². The van der Waals surface area contributed by atoms with Crippen molar-refractivity contribution in [2.45, 2.75) is 104 Å². The minimum absolute atomic E-state index is 0.0159. The van der Waals surface area contributed by atoms with Crippen LogP contribution in [-0.2, 0) is 35.0 Å². The number of carbonyl (C=O) groups excluding carboxylic acids is 4. The maximum absolute atomic E-state index is 13.5. The van der Waals surface area contributed by atoms with E-state index < -0.39 is 47.7 Å². The number of rotatable bonds is 17. The van der Waals surface area contributed by atoms with Crippen LogP contribution < -0.4 is 10.9 Å². The van der Waals surface area contributed by atoms with Gasteiger partial charge in [-0.2, -0.15) is 0 Å². The van der Waals surface area contributed by atoms with Crippen LogP contribution in [0.25, 0.3) is 33.6 Å². The second-order valence-corrected chi connectivity index (χ2v) is 14.6. The Morgan fingerprint density at radius 1 is 0.786 bits per heavy atom. The maximum Gasteiger partial charge on any atom is 0.425 e.